The van der Waals surface area contributed by atoms with Gasteiger partial charge in [-0.2, -0.15) is 0 Å². The minimum atomic E-state index is -0.351. The van der Waals surface area contributed by atoms with Gasteiger partial charge in [-0.15, -0.1) is 0 Å². The molecule has 1 aliphatic heterocycles. The molecule has 13 heavy (non-hydrogen) atoms. The van der Waals surface area contributed by atoms with E-state index in [-0.39, 0.29) is 11.6 Å². The fraction of sp³-hybridized carbons (Fsp3) is 0.300. The van der Waals surface area contributed by atoms with Gasteiger partial charge < -0.3 is 5.32 Å². The predicted molar refractivity (Wildman–Crippen MR) is 48.5 cm³/mol. The molecule has 1 aliphatic rings. The SMILES string of the molecule is O=C1CCCNc2ccc(F)cc21. The molecule has 0 saturated carbocycles. The molecule has 0 spiro atoms. The van der Waals surface area contributed by atoms with Crippen molar-refractivity contribution in [2.75, 3.05) is 11.9 Å². The van der Waals surface area contributed by atoms with E-state index in [4.69, 9.17) is 0 Å². The van der Waals surface area contributed by atoms with Crippen LogP contribution in [0.3, 0.4) is 0 Å². The summed E-state index contributed by atoms with van der Waals surface area (Å²) in [6, 6.07) is 4.29. The lowest BCUT2D eigenvalue weighted by atomic mass is 10.1. The van der Waals surface area contributed by atoms with Gasteiger partial charge in [0.2, 0.25) is 0 Å². The molecule has 3 heteroatoms. The highest BCUT2D eigenvalue weighted by molar-refractivity contribution is 6.01. The maximum absolute atomic E-state index is 12.8. The number of hydrogen-bond donors (Lipinski definition) is 1. The Morgan fingerprint density at radius 3 is 3.08 bits per heavy atom. The third kappa shape index (κ3) is 1.54. The summed E-state index contributed by atoms with van der Waals surface area (Å²) in [4.78, 5) is 11.5. The van der Waals surface area contributed by atoms with E-state index in [0.29, 0.717) is 12.0 Å². The van der Waals surface area contributed by atoms with Crippen molar-refractivity contribution in [3.8, 4) is 0 Å². The number of ketones is 1. The summed E-state index contributed by atoms with van der Waals surface area (Å²) in [7, 11) is 0. The first-order chi connectivity index (χ1) is 6.27. The normalized spacial score (nSPS) is 15.9. The second-order valence-electron chi connectivity index (χ2n) is 3.14. The number of carbonyl (C=O) groups excluding carboxylic acids is 1. The Kier molecular flexibility index (Phi) is 2.00. The van der Waals surface area contributed by atoms with Crippen LogP contribution in [-0.2, 0) is 0 Å². The Morgan fingerprint density at radius 1 is 1.38 bits per heavy atom. The molecule has 1 heterocycles. The fourth-order valence-corrected chi connectivity index (χ4v) is 1.51. The lowest BCUT2D eigenvalue weighted by Crippen LogP contribution is -2.00. The van der Waals surface area contributed by atoms with Crippen molar-refractivity contribution in [2.24, 2.45) is 0 Å². The monoisotopic (exact) mass is 179 g/mol. The zero-order chi connectivity index (χ0) is 9.26. The summed E-state index contributed by atoms with van der Waals surface area (Å²) in [5.41, 5.74) is 1.24. The van der Waals surface area contributed by atoms with Crippen molar-refractivity contribution in [3.05, 3.63) is 29.6 Å². The van der Waals surface area contributed by atoms with Crippen molar-refractivity contribution in [2.45, 2.75) is 12.8 Å². The molecule has 0 aromatic heterocycles. The number of carbonyl (C=O) groups is 1. The molecule has 0 radical (unpaired) electrons. The number of rotatable bonds is 0. The van der Waals surface area contributed by atoms with Gasteiger partial charge in [-0.3, -0.25) is 4.79 Å². The van der Waals surface area contributed by atoms with Crippen molar-refractivity contribution >= 4 is 11.5 Å². The van der Waals surface area contributed by atoms with Crippen LogP contribution in [0.1, 0.15) is 23.2 Å². The van der Waals surface area contributed by atoms with Crippen LogP contribution >= 0.6 is 0 Å². The van der Waals surface area contributed by atoms with Gasteiger partial charge in [-0.05, 0) is 24.6 Å². The molecular formula is C10H10FNO. The molecule has 68 valence electrons. The zero-order valence-electron chi connectivity index (χ0n) is 7.14. The van der Waals surface area contributed by atoms with Gasteiger partial charge in [0.1, 0.15) is 5.82 Å². The van der Waals surface area contributed by atoms with Crippen molar-refractivity contribution in [3.63, 3.8) is 0 Å². The van der Waals surface area contributed by atoms with Crippen molar-refractivity contribution in [1.82, 2.24) is 0 Å². The van der Waals surface area contributed by atoms with Crippen molar-refractivity contribution < 1.29 is 9.18 Å². The van der Waals surface area contributed by atoms with Crippen LogP contribution in [0.25, 0.3) is 0 Å². The van der Waals surface area contributed by atoms with Crippen LogP contribution in [0.4, 0.5) is 10.1 Å². The Morgan fingerprint density at radius 2 is 2.23 bits per heavy atom. The van der Waals surface area contributed by atoms with E-state index in [9.17, 15) is 9.18 Å². The van der Waals surface area contributed by atoms with Crippen LogP contribution in [0, 0.1) is 5.82 Å². The standard InChI is InChI=1S/C10H10FNO/c11-7-3-4-9-8(6-7)10(13)2-1-5-12-9/h3-4,6,12H,1-2,5H2. The van der Waals surface area contributed by atoms with Gasteiger partial charge in [0, 0.05) is 24.2 Å². The smallest absolute Gasteiger partial charge is 0.165 e. The first kappa shape index (κ1) is 8.23. The third-order valence-electron chi connectivity index (χ3n) is 2.18. The lowest BCUT2D eigenvalue weighted by Gasteiger charge is -2.05. The maximum atomic E-state index is 12.8. The van der Waals surface area contributed by atoms with E-state index in [1.54, 1.807) is 6.07 Å². The van der Waals surface area contributed by atoms with Crippen LogP contribution in [0.2, 0.25) is 0 Å². The first-order valence-electron chi connectivity index (χ1n) is 4.34. The third-order valence-corrected chi connectivity index (χ3v) is 2.18. The minimum Gasteiger partial charge on any atom is -0.384 e. The lowest BCUT2D eigenvalue weighted by molar-refractivity contribution is 0.0983. The fourth-order valence-electron chi connectivity index (χ4n) is 1.51. The number of Topliss-reactive ketones (excluding diaryl/α,β-unsaturated/α-hetero) is 1. The summed E-state index contributed by atoms with van der Waals surface area (Å²) in [5, 5.41) is 3.10. The second-order valence-corrected chi connectivity index (χ2v) is 3.14. The Hall–Kier alpha value is -1.38. The number of nitrogens with one attached hydrogen (secondary N) is 1. The highest BCUT2D eigenvalue weighted by Crippen LogP contribution is 2.21. The van der Waals surface area contributed by atoms with Gasteiger partial charge in [0.15, 0.2) is 5.78 Å². The molecule has 0 unspecified atom stereocenters. The molecule has 2 nitrogen and oxygen atoms in total. The molecule has 1 aromatic rings. The number of halogens is 1. The van der Waals surface area contributed by atoms with E-state index in [1.807, 2.05) is 0 Å². The van der Waals surface area contributed by atoms with Crippen molar-refractivity contribution in [1.29, 1.82) is 0 Å². The molecule has 0 saturated heterocycles. The Labute approximate surface area is 75.8 Å². The molecule has 0 amide bonds. The number of hydrogen-bond acceptors (Lipinski definition) is 2. The van der Waals surface area contributed by atoms with Crippen LogP contribution in [0.5, 0.6) is 0 Å². The molecule has 1 aromatic carbocycles. The first-order valence-corrected chi connectivity index (χ1v) is 4.34. The van der Waals surface area contributed by atoms with Crippen LogP contribution in [-0.4, -0.2) is 12.3 Å². The number of benzene rings is 1. The second kappa shape index (κ2) is 3.17. The highest BCUT2D eigenvalue weighted by atomic mass is 19.1. The molecular weight excluding hydrogens is 169 g/mol. The molecule has 0 fully saturated rings. The topological polar surface area (TPSA) is 29.1 Å². The predicted octanol–water partition coefficient (Wildman–Crippen LogP) is 2.21. The Bertz CT molecular complexity index is 349. The summed E-state index contributed by atoms with van der Waals surface area (Å²) in [5.74, 6) is -0.324. The Balaban J connectivity index is 2.49. The minimum absolute atomic E-state index is 0.0273. The molecule has 0 atom stereocenters. The van der Waals surface area contributed by atoms with E-state index < -0.39 is 0 Å². The van der Waals surface area contributed by atoms with Gasteiger partial charge in [-0.1, -0.05) is 0 Å². The van der Waals surface area contributed by atoms with Gasteiger partial charge >= 0.3 is 0 Å². The quantitative estimate of drug-likeness (QED) is 0.661. The number of fused-ring (bicyclic) bond motifs is 1. The molecule has 1 N–H and O–H groups in total. The average molecular weight is 179 g/mol. The average Bonchev–Trinajstić information content (AvgIpc) is 2.29. The molecule has 0 aliphatic carbocycles. The maximum Gasteiger partial charge on any atom is 0.165 e. The summed E-state index contributed by atoms with van der Waals surface area (Å²) in [6.45, 7) is 0.782. The van der Waals surface area contributed by atoms with Gasteiger partial charge in [0.25, 0.3) is 0 Å². The van der Waals surface area contributed by atoms with Crippen LogP contribution < -0.4 is 5.32 Å². The van der Waals surface area contributed by atoms with Crippen LogP contribution in [0.15, 0.2) is 18.2 Å². The highest BCUT2D eigenvalue weighted by Gasteiger charge is 2.15. The van der Waals surface area contributed by atoms with E-state index in [0.717, 1.165) is 18.7 Å². The molecule has 2 rings (SSSR count). The van der Waals surface area contributed by atoms with E-state index in [2.05, 4.69) is 5.32 Å². The summed E-state index contributed by atoms with van der Waals surface area (Å²) in [6.07, 6.45) is 1.32. The van der Waals surface area contributed by atoms with Gasteiger partial charge in [0.05, 0.1) is 0 Å². The summed E-state index contributed by atoms with van der Waals surface area (Å²) < 4.78 is 12.8. The summed E-state index contributed by atoms with van der Waals surface area (Å²) >= 11 is 0. The number of anilines is 1. The van der Waals surface area contributed by atoms with Gasteiger partial charge in [-0.25, -0.2) is 4.39 Å². The molecule has 0 bridgehead atoms. The van der Waals surface area contributed by atoms with E-state index in [1.165, 1.54) is 12.1 Å². The van der Waals surface area contributed by atoms with E-state index >= 15 is 0 Å². The largest absolute Gasteiger partial charge is 0.384 e. The zero-order valence-corrected chi connectivity index (χ0v) is 7.14.